The van der Waals surface area contributed by atoms with Crippen molar-refractivity contribution in [2.75, 3.05) is 13.1 Å². The molecular weight excluding hydrogens is 254 g/mol. The highest BCUT2D eigenvalue weighted by atomic mass is 19.3. The minimum atomic E-state index is -2.82. The van der Waals surface area contributed by atoms with Crippen LogP contribution in [-0.2, 0) is 11.3 Å². The van der Waals surface area contributed by atoms with E-state index in [1.54, 1.807) is 12.1 Å². The fourth-order valence-corrected chi connectivity index (χ4v) is 2.00. The van der Waals surface area contributed by atoms with Crippen LogP contribution in [0.5, 0.6) is 5.75 Å². The summed E-state index contributed by atoms with van der Waals surface area (Å²) in [5.41, 5.74) is 0.848. The Morgan fingerprint density at radius 1 is 1.42 bits per heavy atom. The summed E-state index contributed by atoms with van der Waals surface area (Å²) in [7, 11) is 0. The van der Waals surface area contributed by atoms with Crippen LogP contribution in [0.4, 0.5) is 8.78 Å². The average molecular weight is 270 g/mol. The minimum absolute atomic E-state index is 0.0258. The molecule has 1 unspecified atom stereocenters. The van der Waals surface area contributed by atoms with E-state index >= 15 is 0 Å². The molecule has 2 rings (SSSR count). The Morgan fingerprint density at radius 2 is 2.16 bits per heavy atom. The number of carbonyl (C=O) groups is 1. The molecule has 0 saturated carbocycles. The Kier molecular flexibility index (Phi) is 4.68. The second-order valence-corrected chi connectivity index (χ2v) is 4.43. The molecule has 1 atom stereocenters. The molecule has 19 heavy (non-hydrogen) atoms. The minimum Gasteiger partial charge on any atom is -0.435 e. The lowest BCUT2D eigenvalue weighted by molar-refractivity contribution is -0.124. The molecule has 104 valence electrons. The highest BCUT2D eigenvalue weighted by Crippen LogP contribution is 2.15. The van der Waals surface area contributed by atoms with Gasteiger partial charge < -0.3 is 15.4 Å². The zero-order valence-corrected chi connectivity index (χ0v) is 10.4. The number of amides is 1. The lowest BCUT2D eigenvalue weighted by Crippen LogP contribution is -2.31. The maximum absolute atomic E-state index is 12.0. The largest absolute Gasteiger partial charge is 0.435 e. The van der Waals surface area contributed by atoms with E-state index in [4.69, 9.17) is 0 Å². The number of halogens is 2. The van der Waals surface area contributed by atoms with E-state index < -0.39 is 6.61 Å². The summed E-state index contributed by atoms with van der Waals surface area (Å²) >= 11 is 0. The summed E-state index contributed by atoms with van der Waals surface area (Å²) < 4.78 is 28.2. The number of alkyl halides is 2. The molecule has 1 aliphatic heterocycles. The van der Waals surface area contributed by atoms with Gasteiger partial charge in [-0.3, -0.25) is 4.79 Å². The second-order valence-electron chi connectivity index (χ2n) is 4.43. The number of ether oxygens (including phenoxy) is 1. The molecule has 0 bridgehead atoms. The molecule has 1 aromatic rings. The van der Waals surface area contributed by atoms with Crippen LogP contribution in [0, 0.1) is 5.92 Å². The number of nitrogens with one attached hydrogen (secondary N) is 2. The van der Waals surface area contributed by atoms with Crippen LogP contribution in [0.15, 0.2) is 24.3 Å². The van der Waals surface area contributed by atoms with Gasteiger partial charge in [-0.1, -0.05) is 12.1 Å². The molecule has 2 N–H and O–H groups in total. The van der Waals surface area contributed by atoms with Gasteiger partial charge in [0.05, 0.1) is 5.92 Å². The van der Waals surface area contributed by atoms with Gasteiger partial charge in [0, 0.05) is 13.1 Å². The molecular formula is C13H16F2N2O2. The molecule has 1 fully saturated rings. The smallest absolute Gasteiger partial charge is 0.387 e. The van der Waals surface area contributed by atoms with Gasteiger partial charge in [-0.05, 0) is 30.7 Å². The van der Waals surface area contributed by atoms with Gasteiger partial charge in [0.15, 0.2) is 0 Å². The van der Waals surface area contributed by atoms with Crippen LogP contribution in [0.1, 0.15) is 12.0 Å². The molecule has 1 heterocycles. The van der Waals surface area contributed by atoms with Crippen LogP contribution in [-0.4, -0.2) is 25.6 Å². The maximum atomic E-state index is 12.0. The number of hydrogen-bond acceptors (Lipinski definition) is 3. The third-order valence-corrected chi connectivity index (χ3v) is 3.05. The Balaban J connectivity index is 1.80. The van der Waals surface area contributed by atoms with E-state index in [0.717, 1.165) is 18.5 Å². The molecule has 1 aliphatic rings. The van der Waals surface area contributed by atoms with E-state index in [9.17, 15) is 13.6 Å². The summed E-state index contributed by atoms with van der Waals surface area (Å²) in [4.78, 5) is 11.8. The van der Waals surface area contributed by atoms with Crippen molar-refractivity contribution in [2.24, 2.45) is 5.92 Å². The molecule has 1 amide bonds. The molecule has 1 saturated heterocycles. The molecule has 0 aliphatic carbocycles. The zero-order valence-electron chi connectivity index (χ0n) is 10.4. The SMILES string of the molecule is O=C(NCc1ccc(OC(F)F)cc1)C1CCNC1. The zero-order chi connectivity index (χ0) is 13.7. The molecule has 0 radical (unpaired) electrons. The quantitative estimate of drug-likeness (QED) is 0.852. The predicted octanol–water partition coefficient (Wildman–Crippen LogP) is 1.51. The third kappa shape index (κ3) is 4.17. The van der Waals surface area contributed by atoms with E-state index in [2.05, 4.69) is 15.4 Å². The fraction of sp³-hybridized carbons (Fsp3) is 0.462. The van der Waals surface area contributed by atoms with E-state index in [-0.39, 0.29) is 17.6 Å². The Labute approximate surface area is 110 Å². The summed E-state index contributed by atoms with van der Waals surface area (Å²) in [6, 6.07) is 6.24. The van der Waals surface area contributed by atoms with Crippen molar-refractivity contribution >= 4 is 5.91 Å². The third-order valence-electron chi connectivity index (χ3n) is 3.05. The van der Waals surface area contributed by atoms with Crippen LogP contribution >= 0.6 is 0 Å². The molecule has 0 spiro atoms. The monoisotopic (exact) mass is 270 g/mol. The highest BCUT2D eigenvalue weighted by molar-refractivity contribution is 5.79. The number of carbonyl (C=O) groups excluding carboxylic acids is 1. The number of rotatable bonds is 5. The first-order valence-electron chi connectivity index (χ1n) is 6.17. The Hall–Kier alpha value is -1.69. The van der Waals surface area contributed by atoms with Crippen LogP contribution in [0.3, 0.4) is 0 Å². The van der Waals surface area contributed by atoms with Gasteiger partial charge in [-0.2, -0.15) is 8.78 Å². The summed E-state index contributed by atoms with van der Waals surface area (Å²) in [6.45, 7) is -0.838. The van der Waals surface area contributed by atoms with Gasteiger partial charge in [-0.25, -0.2) is 0 Å². The van der Waals surface area contributed by atoms with E-state index in [1.807, 2.05) is 0 Å². The van der Waals surface area contributed by atoms with Crippen molar-refractivity contribution in [3.05, 3.63) is 29.8 Å². The first-order valence-corrected chi connectivity index (χ1v) is 6.17. The maximum Gasteiger partial charge on any atom is 0.387 e. The van der Waals surface area contributed by atoms with Crippen molar-refractivity contribution in [1.29, 1.82) is 0 Å². The average Bonchev–Trinajstić information content (AvgIpc) is 2.91. The lowest BCUT2D eigenvalue weighted by Gasteiger charge is -2.10. The van der Waals surface area contributed by atoms with Crippen LogP contribution in [0.2, 0.25) is 0 Å². The topological polar surface area (TPSA) is 50.4 Å². The van der Waals surface area contributed by atoms with Gasteiger partial charge in [0.1, 0.15) is 5.75 Å². The molecule has 6 heteroatoms. The molecule has 0 aromatic heterocycles. The summed E-state index contributed by atoms with van der Waals surface area (Å²) in [5.74, 6) is 0.171. The van der Waals surface area contributed by atoms with Crippen molar-refractivity contribution < 1.29 is 18.3 Å². The first kappa shape index (κ1) is 13.7. The number of hydrogen-bond donors (Lipinski definition) is 2. The Bertz CT molecular complexity index is 417. The van der Waals surface area contributed by atoms with Gasteiger partial charge in [0.2, 0.25) is 5.91 Å². The number of benzene rings is 1. The van der Waals surface area contributed by atoms with Crippen molar-refractivity contribution in [1.82, 2.24) is 10.6 Å². The molecule has 1 aromatic carbocycles. The van der Waals surface area contributed by atoms with Crippen molar-refractivity contribution in [3.8, 4) is 5.75 Å². The fourth-order valence-electron chi connectivity index (χ4n) is 2.00. The molecule has 4 nitrogen and oxygen atoms in total. The van der Waals surface area contributed by atoms with Crippen LogP contribution in [0.25, 0.3) is 0 Å². The van der Waals surface area contributed by atoms with Crippen molar-refractivity contribution in [2.45, 2.75) is 19.6 Å². The van der Waals surface area contributed by atoms with E-state index in [1.165, 1.54) is 12.1 Å². The highest BCUT2D eigenvalue weighted by Gasteiger charge is 2.21. The van der Waals surface area contributed by atoms with E-state index in [0.29, 0.717) is 13.1 Å². The Morgan fingerprint density at radius 3 is 2.74 bits per heavy atom. The predicted molar refractivity (Wildman–Crippen MR) is 65.9 cm³/mol. The van der Waals surface area contributed by atoms with Gasteiger partial charge in [-0.15, -0.1) is 0 Å². The second kappa shape index (κ2) is 6.47. The normalized spacial score (nSPS) is 18.6. The van der Waals surface area contributed by atoms with Crippen LogP contribution < -0.4 is 15.4 Å². The summed E-state index contributed by atoms with van der Waals surface area (Å²) in [6.07, 6.45) is 0.854. The lowest BCUT2D eigenvalue weighted by atomic mass is 10.1. The standard InChI is InChI=1S/C13H16F2N2O2/c14-13(15)19-11-3-1-9(2-4-11)7-17-12(18)10-5-6-16-8-10/h1-4,10,13,16H,5-8H2,(H,17,18). The van der Waals surface area contributed by atoms with Crippen molar-refractivity contribution in [3.63, 3.8) is 0 Å². The van der Waals surface area contributed by atoms with Gasteiger partial charge in [0.25, 0.3) is 0 Å². The first-order chi connectivity index (χ1) is 9.15. The van der Waals surface area contributed by atoms with Gasteiger partial charge >= 0.3 is 6.61 Å². The summed E-state index contributed by atoms with van der Waals surface area (Å²) in [5, 5.41) is 5.96.